The van der Waals surface area contributed by atoms with Gasteiger partial charge >= 0.3 is 0 Å². The van der Waals surface area contributed by atoms with Crippen LogP contribution in [-0.2, 0) is 0 Å². The molecule has 4 nitrogen and oxygen atoms in total. The minimum absolute atomic E-state index is 0.105. The third-order valence-corrected chi connectivity index (χ3v) is 3.58. The Bertz CT molecular complexity index is 723. The van der Waals surface area contributed by atoms with Gasteiger partial charge in [-0.25, -0.2) is 4.99 Å². The van der Waals surface area contributed by atoms with Gasteiger partial charge in [0.1, 0.15) is 6.07 Å². The van der Waals surface area contributed by atoms with Crippen LogP contribution in [0.25, 0.3) is 0 Å². The highest BCUT2D eigenvalue weighted by molar-refractivity contribution is 6.51. The zero-order valence-electron chi connectivity index (χ0n) is 13.4. The summed E-state index contributed by atoms with van der Waals surface area (Å²) in [6, 6.07) is 18.2. The lowest BCUT2D eigenvalue weighted by Gasteiger charge is -2.20. The van der Waals surface area contributed by atoms with Crippen molar-refractivity contribution in [3.8, 4) is 6.07 Å². The molecule has 2 aromatic carbocycles. The fourth-order valence-corrected chi connectivity index (χ4v) is 2.31. The number of hydrogen-bond donors (Lipinski definition) is 0. The second-order valence-corrected chi connectivity index (χ2v) is 4.96. The molecule has 0 aromatic heterocycles. The lowest BCUT2D eigenvalue weighted by atomic mass is 10.1. The monoisotopic (exact) mass is 305 g/mol. The minimum Gasteiger partial charge on any atom is -0.372 e. The molecule has 0 aliphatic rings. The maximum Gasteiger partial charge on any atom is 0.222 e. The predicted molar refractivity (Wildman–Crippen MR) is 93.5 cm³/mol. The molecule has 23 heavy (non-hydrogen) atoms. The number of anilines is 1. The third kappa shape index (κ3) is 4.04. The van der Waals surface area contributed by atoms with E-state index in [0.717, 1.165) is 18.8 Å². The highest BCUT2D eigenvalue weighted by atomic mass is 16.1. The average molecular weight is 305 g/mol. The van der Waals surface area contributed by atoms with Crippen LogP contribution in [0.1, 0.15) is 24.2 Å². The first-order chi connectivity index (χ1) is 11.2. The summed E-state index contributed by atoms with van der Waals surface area (Å²) >= 11 is 0. The summed E-state index contributed by atoms with van der Waals surface area (Å²) in [4.78, 5) is 18.7. The van der Waals surface area contributed by atoms with Gasteiger partial charge in [0.05, 0.1) is 5.69 Å². The van der Waals surface area contributed by atoms with Crippen molar-refractivity contribution in [3.63, 3.8) is 0 Å². The van der Waals surface area contributed by atoms with Crippen molar-refractivity contribution in [1.82, 2.24) is 0 Å². The first kappa shape index (κ1) is 16.4. The summed E-state index contributed by atoms with van der Waals surface area (Å²) < 4.78 is 0. The van der Waals surface area contributed by atoms with E-state index in [0.29, 0.717) is 11.3 Å². The Hall–Kier alpha value is -2.93. The maximum atomic E-state index is 12.3. The molecule has 0 heterocycles. The molecular weight excluding hydrogens is 286 g/mol. The van der Waals surface area contributed by atoms with E-state index in [1.165, 1.54) is 0 Å². The molecule has 2 aromatic rings. The van der Waals surface area contributed by atoms with Crippen LogP contribution in [0.2, 0.25) is 0 Å². The molecule has 0 fully saturated rings. The highest BCUT2D eigenvalue weighted by Crippen LogP contribution is 2.20. The average Bonchev–Trinajstić information content (AvgIpc) is 2.62. The quantitative estimate of drug-likeness (QED) is 0.598. The zero-order chi connectivity index (χ0) is 16.7. The SMILES string of the molecule is CCN(CC)c1ccc(N=C(C#N)C(=O)c2ccccc2)cc1. The van der Waals surface area contributed by atoms with E-state index in [9.17, 15) is 10.1 Å². The molecular formula is C19H19N3O. The Balaban J connectivity index is 2.25. The highest BCUT2D eigenvalue weighted by Gasteiger charge is 2.13. The van der Waals surface area contributed by atoms with Crippen LogP contribution in [0, 0.1) is 11.3 Å². The first-order valence-corrected chi connectivity index (χ1v) is 7.63. The number of ketones is 1. The Morgan fingerprint density at radius 3 is 2.17 bits per heavy atom. The number of hydrogen-bond acceptors (Lipinski definition) is 4. The van der Waals surface area contributed by atoms with Crippen molar-refractivity contribution in [3.05, 3.63) is 60.2 Å². The van der Waals surface area contributed by atoms with Gasteiger partial charge in [0.15, 0.2) is 5.71 Å². The lowest BCUT2D eigenvalue weighted by Crippen LogP contribution is -2.21. The normalized spacial score (nSPS) is 10.9. The number of nitrogens with zero attached hydrogens (tertiary/aromatic N) is 3. The van der Waals surface area contributed by atoms with Crippen molar-refractivity contribution in [2.75, 3.05) is 18.0 Å². The maximum absolute atomic E-state index is 12.3. The molecule has 2 rings (SSSR count). The van der Waals surface area contributed by atoms with Crippen LogP contribution in [0.4, 0.5) is 11.4 Å². The molecule has 0 bridgehead atoms. The number of aliphatic imine (C=N–C) groups is 1. The van der Waals surface area contributed by atoms with Crippen LogP contribution in [0.5, 0.6) is 0 Å². The summed E-state index contributed by atoms with van der Waals surface area (Å²) in [5, 5.41) is 9.23. The van der Waals surface area contributed by atoms with E-state index in [4.69, 9.17) is 0 Å². The van der Waals surface area contributed by atoms with Gasteiger partial charge < -0.3 is 4.90 Å². The van der Waals surface area contributed by atoms with Crippen molar-refractivity contribution < 1.29 is 4.79 Å². The molecule has 0 saturated heterocycles. The number of benzene rings is 2. The van der Waals surface area contributed by atoms with Gasteiger partial charge in [-0.15, -0.1) is 0 Å². The van der Waals surface area contributed by atoms with Gasteiger partial charge in [0.2, 0.25) is 5.78 Å². The van der Waals surface area contributed by atoms with Crippen molar-refractivity contribution in [1.29, 1.82) is 5.26 Å². The van der Waals surface area contributed by atoms with Gasteiger partial charge in [0, 0.05) is 24.3 Å². The largest absolute Gasteiger partial charge is 0.372 e. The van der Waals surface area contributed by atoms with Gasteiger partial charge in [-0.3, -0.25) is 4.79 Å². The Labute approximate surface area is 136 Å². The van der Waals surface area contributed by atoms with Crippen LogP contribution >= 0.6 is 0 Å². The predicted octanol–water partition coefficient (Wildman–Crippen LogP) is 4.01. The Kier molecular flexibility index (Phi) is 5.65. The second-order valence-electron chi connectivity index (χ2n) is 4.96. The van der Waals surface area contributed by atoms with E-state index >= 15 is 0 Å². The third-order valence-electron chi connectivity index (χ3n) is 3.58. The Morgan fingerprint density at radius 1 is 1.04 bits per heavy atom. The van der Waals surface area contributed by atoms with Crippen molar-refractivity contribution in [2.45, 2.75) is 13.8 Å². The molecule has 0 unspecified atom stereocenters. The van der Waals surface area contributed by atoms with Crippen molar-refractivity contribution >= 4 is 22.9 Å². The minimum atomic E-state index is -0.360. The zero-order valence-corrected chi connectivity index (χ0v) is 13.4. The van der Waals surface area contributed by atoms with E-state index in [1.54, 1.807) is 24.3 Å². The van der Waals surface area contributed by atoms with Gasteiger partial charge in [0.25, 0.3) is 0 Å². The Morgan fingerprint density at radius 2 is 1.65 bits per heavy atom. The molecule has 0 aliphatic carbocycles. The number of nitriles is 1. The first-order valence-electron chi connectivity index (χ1n) is 7.63. The van der Waals surface area contributed by atoms with Crippen molar-refractivity contribution in [2.24, 2.45) is 4.99 Å². The van der Waals surface area contributed by atoms with Gasteiger partial charge in [-0.2, -0.15) is 5.26 Å². The standard InChI is InChI=1S/C19H19N3O/c1-3-22(4-2)17-12-10-16(11-13-17)21-18(14-20)19(23)15-8-6-5-7-9-15/h5-13H,3-4H2,1-2H3. The van der Waals surface area contributed by atoms with E-state index in [1.807, 2.05) is 36.4 Å². The molecule has 4 heteroatoms. The molecule has 0 N–H and O–H groups in total. The number of carbonyl (C=O) groups is 1. The molecule has 0 spiro atoms. The summed E-state index contributed by atoms with van der Waals surface area (Å²) in [6.07, 6.45) is 0. The van der Waals surface area contributed by atoms with E-state index < -0.39 is 0 Å². The van der Waals surface area contributed by atoms with Crippen LogP contribution in [-0.4, -0.2) is 24.6 Å². The lowest BCUT2D eigenvalue weighted by molar-refractivity contribution is 0.106. The summed E-state index contributed by atoms with van der Waals surface area (Å²) in [6.45, 7) is 6.05. The number of carbonyl (C=O) groups excluding carboxylic acids is 1. The topological polar surface area (TPSA) is 56.5 Å². The second kappa shape index (κ2) is 7.90. The summed E-state index contributed by atoms with van der Waals surface area (Å²) in [5.41, 5.74) is 2.06. The van der Waals surface area contributed by atoms with Gasteiger partial charge in [-0.05, 0) is 38.1 Å². The smallest absolute Gasteiger partial charge is 0.222 e. The molecule has 0 radical (unpaired) electrons. The van der Waals surface area contributed by atoms with Crippen LogP contribution < -0.4 is 4.90 Å². The number of rotatable bonds is 6. The van der Waals surface area contributed by atoms with Crippen LogP contribution in [0.3, 0.4) is 0 Å². The number of Topliss-reactive ketones (excluding diaryl/α,β-unsaturated/α-hetero) is 1. The fraction of sp³-hybridized carbons (Fsp3) is 0.211. The molecule has 0 saturated carbocycles. The summed E-state index contributed by atoms with van der Waals surface area (Å²) in [5.74, 6) is -0.360. The molecule has 0 aliphatic heterocycles. The van der Waals surface area contributed by atoms with Gasteiger partial charge in [-0.1, -0.05) is 30.3 Å². The van der Waals surface area contributed by atoms with E-state index in [2.05, 4.69) is 23.7 Å². The fourth-order valence-electron chi connectivity index (χ4n) is 2.31. The molecule has 0 atom stereocenters. The van der Waals surface area contributed by atoms with E-state index in [-0.39, 0.29) is 11.5 Å². The van der Waals surface area contributed by atoms with Crippen LogP contribution in [0.15, 0.2) is 59.6 Å². The molecule has 0 amide bonds. The molecule has 116 valence electrons. The summed E-state index contributed by atoms with van der Waals surface area (Å²) in [7, 11) is 0.